The first kappa shape index (κ1) is 17.1. The Morgan fingerprint density at radius 3 is 2.50 bits per heavy atom. The summed E-state index contributed by atoms with van der Waals surface area (Å²) in [6, 6.07) is 9.60. The molecule has 0 spiro atoms. The van der Waals surface area contributed by atoms with Crippen molar-refractivity contribution in [2.45, 2.75) is 45.2 Å². The van der Waals surface area contributed by atoms with Crippen LogP contribution in [0.3, 0.4) is 0 Å². The van der Waals surface area contributed by atoms with Crippen molar-refractivity contribution in [2.24, 2.45) is 0 Å². The van der Waals surface area contributed by atoms with Crippen LogP contribution < -0.4 is 5.32 Å². The van der Waals surface area contributed by atoms with Crippen LogP contribution in [0.25, 0.3) is 0 Å². The van der Waals surface area contributed by atoms with E-state index in [2.05, 4.69) is 12.2 Å². The molecular weight excluding hydrogens is 270 g/mol. The Hall–Kier alpha value is -1.00. The summed E-state index contributed by atoms with van der Waals surface area (Å²) >= 11 is 1.71. The van der Waals surface area contributed by atoms with Crippen molar-refractivity contribution in [2.75, 3.05) is 11.5 Å². The molecular formula is C16H25NO2S. The highest BCUT2D eigenvalue weighted by molar-refractivity contribution is 7.99. The summed E-state index contributed by atoms with van der Waals surface area (Å²) < 4.78 is 0. The van der Waals surface area contributed by atoms with Crippen LogP contribution in [-0.2, 0) is 10.3 Å². The number of rotatable bonds is 9. The number of carboxylic acids is 1. The van der Waals surface area contributed by atoms with Crippen LogP contribution in [-0.4, -0.2) is 28.6 Å². The molecule has 2 N–H and O–H groups in total. The fourth-order valence-electron chi connectivity index (χ4n) is 2.14. The summed E-state index contributed by atoms with van der Waals surface area (Å²) in [5.41, 5.74) is -0.182. The van der Waals surface area contributed by atoms with Crippen molar-refractivity contribution < 1.29 is 9.90 Å². The van der Waals surface area contributed by atoms with Crippen LogP contribution >= 0.6 is 11.8 Å². The molecule has 112 valence electrons. The topological polar surface area (TPSA) is 49.3 Å². The monoisotopic (exact) mass is 295 g/mol. The lowest BCUT2D eigenvalue weighted by atomic mass is 9.91. The molecule has 1 rings (SSSR count). The molecule has 3 nitrogen and oxygen atoms in total. The zero-order valence-electron chi connectivity index (χ0n) is 12.6. The van der Waals surface area contributed by atoms with Crippen LogP contribution in [0, 0.1) is 0 Å². The average molecular weight is 295 g/mol. The van der Waals surface area contributed by atoms with Gasteiger partial charge in [-0.1, -0.05) is 43.7 Å². The number of hydrogen-bond acceptors (Lipinski definition) is 3. The molecule has 20 heavy (non-hydrogen) atoms. The van der Waals surface area contributed by atoms with Crippen molar-refractivity contribution in [1.82, 2.24) is 5.32 Å². The Bertz CT molecular complexity index is 408. The third kappa shape index (κ3) is 4.53. The summed E-state index contributed by atoms with van der Waals surface area (Å²) in [5.74, 6) is 0.740. The Balaban J connectivity index is 2.99. The Morgan fingerprint density at radius 1 is 1.35 bits per heavy atom. The Kier molecular flexibility index (Phi) is 7.10. The molecule has 0 fully saturated rings. The van der Waals surface area contributed by atoms with Gasteiger partial charge in [0.1, 0.15) is 0 Å². The highest BCUT2D eigenvalue weighted by Crippen LogP contribution is 2.27. The minimum Gasteiger partial charge on any atom is -0.480 e. The first-order valence-corrected chi connectivity index (χ1v) is 8.32. The van der Waals surface area contributed by atoms with E-state index in [4.69, 9.17) is 0 Å². The molecule has 1 atom stereocenters. The van der Waals surface area contributed by atoms with E-state index in [1.165, 1.54) is 0 Å². The number of carbonyl (C=O) groups is 1. The fourth-order valence-corrected chi connectivity index (χ4v) is 3.46. The zero-order valence-corrected chi connectivity index (χ0v) is 13.4. The van der Waals surface area contributed by atoms with E-state index < -0.39 is 11.5 Å². The van der Waals surface area contributed by atoms with Crippen LogP contribution in [0.4, 0.5) is 0 Å². The predicted molar refractivity (Wildman–Crippen MR) is 86.3 cm³/mol. The fraction of sp³-hybridized carbons (Fsp3) is 0.562. The van der Waals surface area contributed by atoms with Crippen LogP contribution in [0.1, 0.15) is 39.2 Å². The summed E-state index contributed by atoms with van der Waals surface area (Å²) in [5, 5.41) is 13.1. The van der Waals surface area contributed by atoms with Crippen molar-refractivity contribution in [3.63, 3.8) is 0 Å². The molecule has 1 unspecified atom stereocenters. The predicted octanol–water partition coefficient (Wildman–Crippen LogP) is 3.50. The van der Waals surface area contributed by atoms with E-state index in [9.17, 15) is 9.90 Å². The maximum Gasteiger partial charge on any atom is 0.329 e. The largest absolute Gasteiger partial charge is 0.480 e. The Morgan fingerprint density at radius 2 is 2.00 bits per heavy atom. The first-order valence-electron chi connectivity index (χ1n) is 7.17. The van der Waals surface area contributed by atoms with E-state index in [-0.39, 0.29) is 6.04 Å². The number of aliphatic carboxylic acids is 1. The van der Waals surface area contributed by atoms with Crippen LogP contribution in [0.5, 0.6) is 0 Å². The van der Waals surface area contributed by atoms with E-state index in [1.54, 1.807) is 11.8 Å². The van der Waals surface area contributed by atoms with Gasteiger partial charge < -0.3 is 5.11 Å². The second-order valence-corrected chi connectivity index (χ2v) is 6.39. The molecule has 0 aliphatic carbocycles. The first-order chi connectivity index (χ1) is 9.53. The normalized spacial score (nSPS) is 14.2. The third-order valence-corrected chi connectivity index (χ3v) is 4.34. The molecule has 0 saturated carbocycles. The van der Waals surface area contributed by atoms with Gasteiger partial charge in [-0.05, 0) is 31.6 Å². The number of unbranched alkanes of at least 4 members (excludes halogenated alkanes) is 1. The molecule has 0 bridgehead atoms. The van der Waals surface area contributed by atoms with Gasteiger partial charge in [-0.25, -0.2) is 4.79 Å². The van der Waals surface area contributed by atoms with E-state index in [1.807, 2.05) is 44.2 Å². The zero-order chi connectivity index (χ0) is 15.0. The molecule has 0 saturated heterocycles. The minimum absolute atomic E-state index is 0.109. The van der Waals surface area contributed by atoms with Gasteiger partial charge in [0, 0.05) is 11.8 Å². The highest BCUT2D eigenvalue weighted by Gasteiger charge is 2.40. The van der Waals surface area contributed by atoms with Crippen molar-refractivity contribution in [3.05, 3.63) is 35.9 Å². The second-order valence-electron chi connectivity index (χ2n) is 5.28. The van der Waals surface area contributed by atoms with Gasteiger partial charge in [0.05, 0.1) is 0 Å². The second kappa shape index (κ2) is 8.32. The minimum atomic E-state index is -1.01. The SMILES string of the molecule is CCCCSCC(NC(C)C)(C(=O)O)c1ccccc1. The number of hydrogen-bond donors (Lipinski definition) is 2. The van der Waals surface area contributed by atoms with Crippen molar-refractivity contribution >= 4 is 17.7 Å². The van der Waals surface area contributed by atoms with E-state index >= 15 is 0 Å². The van der Waals surface area contributed by atoms with Gasteiger partial charge in [-0.3, -0.25) is 5.32 Å². The molecule has 0 aliphatic rings. The molecule has 4 heteroatoms. The highest BCUT2D eigenvalue weighted by atomic mass is 32.2. The van der Waals surface area contributed by atoms with Crippen molar-refractivity contribution in [3.8, 4) is 0 Å². The molecule has 1 aromatic rings. The lowest BCUT2D eigenvalue weighted by molar-refractivity contribution is -0.144. The van der Waals surface area contributed by atoms with Gasteiger partial charge in [0.15, 0.2) is 5.54 Å². The van der Waals surface area contributed by atoms with Gasteiger partial charge in [-0.15, -0.1) is 0 Å². The number of thioether (sulfide) groups is 1. The number of nitrogens with one attached hydrogen (secondary N) is 1. The quantitative estimate of drug-likeness (QED) is 0.685. The molecule has 0 aromatic heterocycles. The smallest absolute Gasteiger partial charge is 0.329 e. The molecule has 0 aliphatic heterocycles. The lowest BCUT2D eigenvalue weighted by Gasteiger charge is -2.33. The number of carboxylic acid groups (broad SMARTS) is 1. The maximum absolute atomic E-state index is 11.9. The lowest BCUT2D eigenvalue weighted by Crippen LogP contribution is -2.54. The van der Waals surface area contributed by atoms with Gasteiger partial charge in [0.25, 0.3) is 0 Å². The summed E-state index contributed by atoms with van der Waals surface area (Å²) in [7, 11) is 0. The van der Waals surface area contributed by atoms with Crippen LogP contribution in [0.15, 0.2) is 30.3 Å². The van der Waals surface area contributed by atoms with E-state index in [0.717, 1.165) is 24.2 Å². The van der Waals surface area contributed by atoms with Crippen molar-refractivity contribution in [1.29, 1.82) is 0 Å². The summed E-state index contributed by atoms with van der Waals surface area (Å²) in [6.45, 7) is 6.11. The van der Waals surface area contributed by atoms with E-state index in [0.29, 0.717) is 5.75 Å². The molecule has 0 amide bonds. The van der Waals surface area contributed by atoms with Gasteiger partial charge in [-0.2, -0.15) is 11.8 Å². The third-order valence-electron chi connectivity index (χ3n) is 3.13. The van der Waals surface area contributed by atoms with Crippen LogP contribution in [0.2, 0.25) is 0 Å². The van der Waals surface area contributed by atoms with Gasteiger partial charge in [0.2, 0.25) is 0 Å². The van der Waals surface area contributed by atoms with Gasteiger partial charge >= 0.3 is 5.97 Å². The molecule has 0 heterocycles. The molecule has 0 radical (unpaired) electrons. The Labute approximate surface area is 126 Å². The average Bonchev–Trinajstić information content (AvgIpc) is 2.42. The number of benzene rings is 1. The summed E-state index contributed by atoms with van der Waals surface area (Å²) in [4.78, 5) is 11.9. The maximum atomic E-state index is 11.9. The molecule has 1 aromatic carbocycles. The summed E-state index contributed by atoms with van der Waals surface area (Å²) in [6.07, 6.45) is 2.26. The standard InChI is InChI=1S/C16H25NO2S/c1-4-5-11-20-12-16(15(18)19,17-13(2)3)14-9-7-6-8-10-14/h6-10,13,17H,4-5,11-12H2,1-3H3,(H,18,19).